The quantitative estimate of drug-likeness (QED) is 0.390. The molecule has 4 aromatic carbocycles. The zero-order valence-corrected chi connectivity index (χ0v) is 21.0. The Morgan fingerprint density at radius 3 is 2.44 bits per heavy atom. The number of urea groups is 1. The van der Waals surface area contributed by atoms with E-state index in [1.807, 2.05) is 84.9 Å². The fourth-order valence-corrected chi connectivity index (χ4v) is 5.70. The standard InChI is InChI=1S/C31H25N3O5/c35-29-31(18-37-26-17-28-27(16-23(26)31)38-19-39-28)22-11-5-7-13-25(22)34(29)15-14-32-30(36)33-24-12-6-4-10-21(24)20-8-2-1-3-9-20/h1-13,16-17H,14-15,18-19H2,(H2,32,33,36). The molecule has 0 saturated carbocycles. The molecule has 0 bridgehead atoms. The minimum absolute atomic E-state index is 0.0852. The molecule has 2 N–H and O–H groups in total. The van der Waals surface area contributed by atoms with E-state index in [0.717, 1.165) is 27.9 Å². The Morgan fingerprint density at radius 2 is 1.56 bits per heavy atom. The Labute approximate surface area is 225 Å². The molecule has 1 spiro atoms. The van der Waals surface area contributed by atoms with Crippen LogP contribution in [0.25, 0.3) is 11.1 Å². The molecule has 8 nitrogen and oxygen atoms in total. The van der Waals surface area contributed by atoms with Gasteiger partial charge in [0.25, 0.3) is 0 Å². The van der Waals surface area contributed by atoms with Gasteiger partial charge >= 0.3 is 6.03 Å². The molecule has 0 fully saturated rings. The van der Waals surface area contributed by atoms with E-state index in [2.05, 4.69) is 10.6 Å². The summed E-state index contributed by atoms with van der Waals surface area (Å²) in [6.45, 7) is 0.919. The second-order valence-corrected chi connectivity index (χ2v) is 9.66. The average molecular weight is 520 g/mol. The predicted molar refractivity (Wildman–Crippen MR) is 147 cm³/mol. The van der Waals surface area contributed by atoms with E-state index in [0.29, 0.717) is 29.5 Å². The van der Waals surface area contributed by atoms with E-state index >= 15 is 0 Å². The number of hydrogen-bond donors (Lipinski definition) is 2. The van der Waals surface area contributed by atoms with E-state index in [-0.39, 0.29) is 31.9 Å². The second kappa shape index (κ2) is 9.09. The summed E-state index contributed by atoms with van der Waals surface area (Å²) in [6.07, 6.45) is 0. The summed E-state index contributed by atoms with van der Waals surface area (Å²) in [5, 5.41) is 5.86. The first-order chi connectivity index (χ1) is 19.1. The van der Waals surface area contributed by atoms with E-state index in [1.165, 1.54) is 0 Å². The molecule has 3 amide bonds. The first-order valence-corrected chi connectivity index (χ1v) is 12.8. The molecule has 4 aromatic rings. The molecule has 194 valence electrons. The maximum atomic E-state index is 14.1. The lowest BCUT2D eigenvalue weighted by atomic mass is 9.77. The summed E-state index contributed by atoms with van der Waals surface area (Å²) in [5.41, 5.74) is 4.15. The predicted octanol–water partition coefficient (Wildman–Crippen LogP) is 4.93. The summed E-state index contributed by atoms with van der Waals surface area (Å²) in [7, 11) is 0. The Bertz CT molecular complexity index is 1610. The maximum Gasteiger partial charge on any atom is 0.319 e. The molecule has 0 radical (unpaired) electrons. The largest absolute Gasteiger partial charge is 0.491 e. The number of ether oxygens (including phenoxy) is 3. The highest BCUT2D eigenvalue weighted by molar-refractivity contribution is 6.11. The van der Waals surface area contributed by atoms with Gasteiger partial charge in [-0.25, -0.2) is 4.79 Å². The van der Waals surface area contributed by atoms with Gasteiger partial charge < -0.3 is 29.7 Å². The van der Waals surface area contributed by atoms with Gasteiger partial charge in [-0.2, -0.15) is 0 Å². The first-order valence-electron chi connectivity index (χ1n) is 12.8. The highest BCUT2D eigenvalue weighted by atomic mass is 16.7. The van der Waals surface area contributed by atoms with Gasteiger partial charge in [-0.3, -0.25) is 4.79 Å². The normalized spacial score (nSPS) is 18.1. The van der Waals surface area contributed by atoms with Crippen molar-refractivity contribution in [1.82, 2.24) is 5.32 Å². The number of anilines is 2. The Hall–Kier alpha value is -4.98. The van der Waals surface area contributed by atoms with Crippen LogP contribution in [0, 0.1) is 0 Å². The number of rotatable bonds is 5. The lowest BCUT2D eigenvalue weighted by Gasteiger charge is -2.23. The molecule has 0 aromatic heterocycles. The van der Waals surface area contributed by atoms with Crippen molar-refractivity contribution in [3.63, 3.8) is 0 Å². The summed E-state index contributed by atoms with van der Waals surface area (Å²) in [4.78, 5) is 28.6. The minimum atomic E-state index is -0.968. The number of benzene rings is 4. The third kappa shape index (κ3) is 3.67. The van der Waals surface area contributed by atoms with Crippen LogP contribution < -0.4 is 29.7 Å². The zero-order chi connectivity index (χ0) is 26.4. The van der Waals surface area contributed by atoms with Crippen molar-refractivity contribution in [1.29, 1.82) is 0 Å². The number of hydrogen-bond acceptors (Lipinski definition) is 5. The van der Waals surface area contributed by atoms with Crippen molar-refractivity contribution in [2.45, 2.75) is 5.41 Å². The Morgan fingerprint density at radius 1 is 0.821 bits per heavy atom. The number of nitrogens with one attached hydrogen (secondary N) is 2. The van der Waals surface area contributed by atoms with Crippen LogP contribution in [0.5, 0.6) is 17.2 Å². The van der Waals surface area contributed by atoms with E-state index in [9.17, 15) is 9.59 Å². The van der Waals surface area contributed by atoms with Crippen LogP contribution in [0.1, 0.15) is 11.1 Å². The molecule has 1 atom stereocenters. The highest BCUT2D eigenvalue weighted by Gasteiger charge is 2.57. The van der Waals surface area contributed by atoms with Gasteiger partial charge in [0.1, 0.15) is 17.8 Å². The monoisotopic (exact) mass is 519 g/mol. The summed E-state index contributed by atoms with van der Waals surface area (Å²) >= 11 is 0. The topological polar surface area (TPSA) is 89.1 Å². The smallest absolute Gasteiger partial charge is 0.319 e. The fourth-order valence-electron chi connectivity index (χ4n) is 5.70. The van der Waals surface area contributed by atoms with Gasteiger partial charge in [0, 0.05) is 36.0 Å². The lowest BCUT2D eigenvalue weighted by Crippen LogP contribution is -2.45. The molecule has 39 heavy (non-hydrogen) atoms. The minimum Gasteiger partial charge on any atom is -0.491 e. The molecule has 7 rings (SSSR count). The van der Waals surface area contributed by atoms with Crippen molar-refractivity contribution in [3.8, 4) is 28.4 Å². The van der Waals surface area contributed by atoms with E-state index in [4.69, 9.17) is 14.2 Å². The summed E-state index contributed by atoms with van der Waals surface area (Å²) in [5.74, 6) is 1.76. The van der Waals surface area contributed by atoms with Crippen LogP contribution in [0.15, 0.2) is 91.0 Å². The van der Waals surface area contributed by atoms with Crippen molar-refractivity contribution in [2.24, 2.45) is 0 Å². The van der Waals surface area contributed by atoms with Gasteiger partial charge in [0.15, 0.2) is 11.5 Å². The van der Waals surface area contributed by atoms with E-state index in [1.54, 1.807) is 11.0 Å². The zero-order valence-electron chi connectivity index (χ0n) is 21.0. The Kier molecular flexibility index (Phi) is 5.40. The van der Waals surface area contributed by atoms with Crippen LogP contribution in [0.4, 0.5) is 16.2 Å². The van der Waals surface area contributed by atoms with Gasteiger partial charge in [-0.1, -0.05) is 66.7 Å². The third-order valence-electron chi connectivity index (χ3n) is 7.52. The average Bonchev–Trinajstić information content (AvgIpc) is 3.65. The van der Waals surface area contributed by atoms with E-state index < -0.39 is 5.41 Å². The SMILES string of the molecule is O=C(NCCN1C(=O)C2(COc3cc4c(cc32)OCO4)c2ccccc21)Nc1ccccc1-c1ccccc1. The number of amides is 3. The van der Waals surface area contributed by atoms with Crippen LogP contribution in [-0.4, -0.2) is 38.4 Å². The van der Waals surface area contributed by atoms with Gasteiger partial charge in [0.2, 0.25) is 12.7 Å². The van der Waals surface area contributed by atoms with Crippen LogP contribution in [0.3, 0.4) is 0 Å². The number of carbonyl (C=O) groups is 2. The van der Waals surface area contributed by atoms with Gasteiger partial charge in [-0.05, 0) is 29.3 Å². The molecule has 1 unspecified atom stereocenters. The molecule has 0 aliphatic carbocycles. The third-order valence-corrected chi connectivity index (χ3v) is 7.52. The molecule has 3 aliphatic rings. The summed E-state index contributed by atoms with van der Waals surface area (Å²) in [6, 6.07) is 28.6. The Balaban J connectivity index is 1.09. The summed E-state index contributed by atoms with van der Waals surface area (Å²) < 4.78 is 17.1. The van der Waals surface area contributed by atoms with Gasteiger partial charge in [-0.15, -0.1) is 0 Å². The molecule has 3 aliphatic heterocycles. The highest BCUT2D eigenvalue weighted by Crippen LogP contribution is 2.54. The molecule has 0 saturated heterocycles. The number of para-hydroxylation sites is 2. The maximum absolute atomic E-state index is 14.1. The molecular formula is C31H25N3O5. The number of nitrogens with zero attached hydrogens (tertiary/aromatic N) is 1. The lowest BCUT2D eigenvalue weighted by molar-refractivity contribution is -0.122. The molecular weight excluding hydrogens is 494 g/mol. The number of fused-ring (bicyclic) bond motifs is 5. The second-order valence-electron chi connectivity index (χ2n) is 9.66. The fraction of sp³-hybridized carbons (Fsp3) is 0.161. The van der Waals surface area contributed by atoms with Crippen LogP contribution in [0.2, 0.25) is 0 Å². The van der Waals surface area contributed by atoms with Crippen LogP contribution >= 0.6 is 0 Å². The first kappa shape index (κ1) is 23.2. The van der Waals surface area contributed by atoms with Crippen molar-refractivity contribution < 1.29 is 23.8 Å². The van der Waals surface area contributed by atoms with Gasteiger partial charge in [0.05, 0.1) is 5.69 Å². The van der Waals surface area contributed by atoms with Crippen molar-refractivity contribution in [2.75, 3.05) is 36.7 Å². The molecule has 8 heteroatoms. The van der Waals surface area contributed by atoms with Crippen LogP contribution in [-0.2, 0) is 10.2 Å². The number of carbonyl (C=O) groups excluding carboxylic acids is 2. The van der Waals surface area contributed by atoms with Crippen molar-refractivity contribution in [3.05, 3.63) is 102 Å². The van der Waals surface area contributed by atoms with Crippen molar-refractivity contribution >= 4 is 23.3 Å². The molecule has 3 heterocycles.